The molecule has 0 aliphatic rings. The molecule has 0 saturated carbocycles. The van der Waals surface area contributed by atoms with Gasteiger partial charge in [0.15, 0.2) is 0 Å². The normalized spacial score (nSPS) is 11.9. The van der Waals surface area contributed by atoms with Crippen LogP contribution in [0.4, 0.5) is 0 Å². The van der Waals surface area contributed by atoms with E-state index in [1.165, 1.54) is 38.3 Å². The Morgan fingerprint density at radius 1 is 0.630 bits per heavy atom. The Bertz CT molecular complexity index is 1470. The molecule has 0 aliphatic carbocycles. The second-order valence-corrected chi connectivity index (χ2v) is 7.74. The van der Waals surface area contributed by atoms with Gasteiger partial charge in [0.05, 0.1) is 16.6 Å². The van der Waals surface area contributed by atoms with Crippen LogP contribution in [-0.2, 0) is 0 Å². The van der Waals surface area contributed by atoms with E-state index in [0.717, 1.165) is 15.5 Å². The van der Waals surface area contributed by atoms with E-state index in [1.807, 2.05) is 0 Å². The minimum atomic E-state index is 1.09. The van der Waals surface area contributed by atoms with Gasteiger partial charge in [0.1, 0.15) is 0 Å². The lowest BCUT2D eigenvalue weighted by Crippen LogP contribution is -1.92. The summed E-state index contributed by atoms with van der Waals surface area (Å²) in [5, 5.41) is 5.07. The highest BCUT2D eigenvalue weighted by Gasteiger charge is 2.15. The summed E-state index contributed by atoms with van der Waals surface area (Å²) < 4.78 is 3.45. The van der Waals surface area contributed by atoms with Crippen molar-refractivity contribution in [1.29, 1.82) is 0 Å². The highest BCUT2D eigenvalue weighted by atomic mass is 79.9. The first-order chi connectivity index (χ1) is 13.3. The van der Waals surface area contributed by atoms with Gasteiger partial charge in [-0.1, -0.05) is 48.5 Å². The second kappa shape index (κ2) is 5.48. The van der Waals surface area contributed by atoms with Crippen LogP contribution in [0.25, 0.3) is 49.3 Å². The van der Waals surface area contributed by atoms with Gasteiger partial charge < -0.3 is 9.55 Å². The summed E-state index contributed by atoms with van der Waals surface area (Å²) in [7, 11) is 0. The van der Waals surface area contributed by atoms with Gasteiger partial charge in [-0.3, -0.25) is 0 Å². The van der Waals surface area contributed by atoms with Crippen LogP contribution < -0.4 is 0 Å². The molecular weight excluding hydrogens is 396 g/mol. The number of hydrogen-bond acceptors (Lipinski definition) is 0. The predicted octanol–water partition coefficient (Wildman–Crippen LogP) is 7.18. The van der Waals surface area contributed by atoms with E-state index in [0.29, 0.717) is 0 Å². The third-order valence-corrected chi connectivity index (χ3v) is 6.05. The summed E-state index contributed by atoms with van der Waals surface area (Å²) in [6.07, 6.45) is 0. The fourth-order valence-corrected chi connectivity index (χ4v) is 4.67. The van der Waals surface area contributed by atoms with Crippen molar-refractivity contribution in [2.75, 3.05) is 0 Å². The fraction of sp³-hybridized carbons (Fsp3) is 0. The number of H-pyrrole nitrogens is 1. The van der Waals surface area contributed by atoms with Gasteiger partial charge in [0, 0.05) is 37.2 Å². The van der Waals surface area contributed by atoms with Gasteiger partial charge in [-0.15, -0.1) is 0 Å². The maximum atomic E-state index is 3.68. The zero-order chi connectivity index (χ0) is 18.0. The maximum absolute atomic E-state index is 3.68. The number of aromatic nitrogens is 2. The number of benzene rings is 4. The average Bonchev–Trinajstić information content (AvgIpc) is 3.23. The van der Waals surface area contributed by atoms with E-state index < -0.39 is 0 Å². The Kier molecular flexibility index (Phi) is 3.06. The van der Waals surface area contributed by atoms with E-state index in [1.54, 1.807) is 0 Å². The smallest absolute Gasteiger partial charge is 0.0609 e. The molecule has 2 nitrogen and oxygen atoms in total. The highest BCUT2D eigenvalue weighted by Crippen LogP contribution is 2.38. The first kappa shape index (κ1) is 15.1. The number of halogens is 1. The van der Waals surface area contributed by atoms with Crippen LogP contribution in [0, 0.1) is 0 Å². The first-order valence-electron chi connectivity index (χ1n) is 9.00. The van der Waals surface area contributed by atoms with Gasteiger partial charge in [-0.25, -0.2) is 0 Å². The lowest BCUT2D eigenvalue weighted by atomic mass is 10.1. The molecule has 128 valence electrons. The fourth-order valence-electron chi connectivity index (χ4n) is 4.21. The molecule has 0 fully saturated rings. The molecule has 0 bridgehead atoms. The largest absolute Gasteiger partial charge is 0.354 e. The van der Waals surface area contributed by atoms with Crippen molar-refractivity contribution in [2.45, 2.75) is 0 Å². The standard InChI is InChI=1S/C24H15BrN2/c25-20-11-6-10-17-18-13-19-16-9-4-5-12-22(16)27(15-7-2-1-3-8-15)23(19)14-21(18)26-24(17)20/h1-14,26H. The van der Waals surface area contributed by atoms with Crippen LogP contribution in [0.3, 0.4) is 0 Å². The predicted molar refractivity (Wildman–Crippen MR) is 118 cm³/mol. The SMILES string of the molecule is Brc1cccc2c1[nH]c1cc3c(cc12)c1ccccc1n3-c1ccccc1. The van der Waals surface area contributed by atoms with Crippen molar-refractivity contribution in [1.82, 2.24) is 9.55 Å². The molecule has 27 heavy (non-hydrogen) atoms. The summed E-state index contributed by atoms with van der Waals surface area (Å²) in [5.74, 6) is 0. The summed E-state index contributed by atoms with van der Waals surface area (Å²) in [6, 6.07) is 30.2. The van der Waals surface area contributed by atoms with Gasteiger partial charge in [0.2, 0.25) is 0 Å². The second-order valence-electron chi connectivity index (χ2n) is 6.89. The zero-order valence-electron chi connectivity index (χ0n) is 14.4. The number of nitrogens with one attached hydrogen (secondary N) is 1. The van der Waals surface area contributed by atoms with Crippen LogP contribution in [0.15, 0.2) is 89.4 Å². The van der Waals surface area contributed by atoms with Crippen LogP contribution in [-0.4, -0.2) is 9.55 Å². The maximum Gasteiger partial charge on any atom is 0.0609 e. The molecule has 6 aromatic rings. The molecule has 0 radical (unpaired) electrons. The number of fused-ring (bicyclic) bond motifs is 6. The molecule has 0 amide bonds. The quantitative estimate of drug-likeness (QED) is 0.296. The molecule has 0 atom stereocenters. The molecule has 2 heterocycles. The highest BCUT2D eigenvalue weighted by molar-refractivity contribution is 9.10. The Balaban J connectivity index is 1.84. The third-order valence-electron chi connectivity index (χ3n) is 5.39. The Hall–Kier alpha value is -3.04. The van der Waals surface area contributed by atoms with Crippen molar-refractivity contribution in [3.05, 3.63) is 89.4 Å². The molecule has 0 unspecified atom stereocenters. The first-order valence-corrected chi connectivity index (χ1v) is 9.79. The Morgan fingerprint density at radius 3 is 2.30 bits per heavy atom. The minimum absolute atomic E-state index is 1.09. The number of para-hydroxylation sites is 3. The topological polar surface area (TPSA) is 20.7 Å². The lowest BCUT2D eigenvalue weighted by Gasteiger charge is -2.07. The van der Waals surface area contributed by atoms with Crippen molar-refractivity contribution < 1.29 is 0 Å². The van der Waals surface area contributed by atoms with Crippen LogP contribution >= 0.6 is 15.9 Å². The van der Waals surface area contributed by atoms with E-state index in [-0.39, 0.29) is 0 Å². The summed E-state index contributed by atoms with van der Waals surface area (Å²) in [6.45, 7) is 0. The molecule has 3 heteroatoms. The summed E-state index contributed by atoms with van der Waals surface area (Å²) >= 11 is 3.68. The number of rotatable bonds is 1. The molecule has 0 saturated heterocycles. The molecule has 1 N–H and O–H groups in total. The average molecular weight is 411 g/mol. The monoisotopic (exact) mass is 410 g/mol. The van der Waals surface area contributed by atoms with Crippen LogP contribution in [0.1, 0.15) is 0 Å². The van der Waals surface area contributed by atoms with E-state index in [9.17, 15) is 0 Å². The van der Waals surface area contributed by atoms with Crippen LogP contribution in [0.5, 0.6) is 0 Å². The Morgan fingerprint density at radius 2 is 1.41 bits per heavy atom. The zero-order valence-corrected chi connectivity index (χ0v) is 16.0. The molecular formula is C24H15BrN2. The Labute approximate surface area is 164 Å². The summed E-state index contributed by atoms with van der Waals surface area (Å²) in [5.41, 5.74) is 5.94. The number of nitrogens with zero attached hydrogens (tertiary/aromatic N) is 1. The van der Waals surface area contributed by atoms with E-state index in [2.05, 4.69) is 110 Å². The molecule has 2 aromatic heterocycles. The van der Waals surface area contributed by atoms with Gasteiger partial charge in [-0.2, -0.15) is 0 Å². The van der Waals surface area contributed by atoms with E-state index in [4.69, 9.17) is 0 Å². The van der Waals surface area contributed by atoms with Crippen molar-refractivity contribution in [3.63, 3.8) is 0 Å². The van der Waals surface area contributed by atoms with Gasteiger partial charge in [0.25, 0.3) is 0 Å². The van der Waals surface area contributed by atoms with Crippen molar-refractivity contribution >= 4 is 59.5 Å². The molecule has 0 spiro atoms. The van der Waals surface area contributed by atoms with Gasteiger partial charge >= 0.3 is 0 Å². The third kappa shape index (κ3) is 2.06. The number of hydrogen-bond donors (Lipinski definition) is 1. The lowest BCUT2D eigenvalue weighted by molar-refractivity contribution is 1.18. The van der Waals surface area contributed by atoms with Crippen molar-refractivity contribution in [2.24, 2.45) is 0 Å². The van der Waals surface area contributed by atoms with E-state index >= 15 is 0 Å². The van der Waals surface area contributed by atoms with Gasteiger partial charge in [-0.05, 0) is 52.3 Å². The number of aromatic amines is 1. The molecule has 4 aromatic carbocycles. The molecule has 0 aliphatic heterocycles. The minimum Gasteiger partial charge on any atom is -0.354 e. The molecule has 6 rings (SSSR count). The van der Waals surface area contributed by atoms with Crippen LogP contribution in [0.2, 0.25) is 0 Å². The van der Waals surface area contributed by atoms with Crippen molar-refractivity contribution in [3.8, 4) is 5.69 Å². The summed E-state index contributed by atoms with van der Waals surface area (Å²) in [4.78, 5) is 3.60.